The van der Waals surface area contributed by atoms with Gasteiger partial charge in [0.25, 0.3) is 0 Å². The van der Waals surface area contributed by atoms with Gasteiger partial charge >= 0.3 is 0 Å². The van der Waals surface area contributed by atoms with E-state index in [2.05, 4.69) is 0 Å². The Kier molecular flexibility index (Phi) is 3.36. The number of rotatable bonds is 2. The summed E-state index contributed by atoms with van der Waals surface area (Å²) in [5.74, 6) is -1.02. The summed E-state index contributed by atoms with van der Waals surface area (Å²) in [7, 11) is 0. The van der Waals surface area contributed by atoms with Crippen LogP contribution < -0.4 is 0 Å². The lowest BCUT2D eigenvalue weighted by Crippen LogP contribution is -2.25. The van der Waals surface area contributed by atoms with Crippen LogP contribution in [0.2, 0.25) is 0 Å². The van der Waals surface area contributed by atoms with E-state index in [0.29, 0.717) is 13.0 Å². The number of nitriles is 1. The minimum absolute atomic E-state index is 0.0949. The van der Waals surface area contributed by atoms with Crippen molar-refractivity contribution in [3.05, 3.63) is 35.4 Å². The normalized spacial score (nSPS) is 24.8. The molecule has 0 saturated carbocycles. The maximum absolute atomic E-state index is 13.6. The highest BCUT2D eigenvalue weighted by Crippen LogP contribution is 2.33. The molecule has 2 rings (SSSR count). The van der Waals surface area contributed by atoms with Crippen molar-refractivity contribution in [3.8, 4) is 6.07 Å². The Balaban J connectivity index is 2.31. The average Bonchev–Trinajstić information content (AvgIpc) is 2.64. The first-order valence-corrected chi connectivity index (χ1v) is 5.36. The molecular formula is C12H12F2N2O. The fourth-order valence-electron chi connectivity index (χ4n) is 2.24. The Labute approximate surface area is 97.9 Å². The Bertz CT molecular complexity index is 458. The van der Waals surface area contributed by atoms with Crippen molar-refractivity contribution < 1.29 is 13.9 Å². The first-order chi connectivity index (χ1) is 8.11. The van der Waals surface area contributed by atoms with E-state index in [9.17, 15) is 13.9 Å². The molecule has 0 amide bonds. The molecule has 0 radical (unpaired) electrons. The van der Waals surface area contributed by atoms with Gasteiger partial charge in [-0.25, -0.2) is 8.78 Å². The summed E-state index contributed by atoms with van der Waals surface area (Å²) >= 11 is 0. The van der Waals surface area contributed by atoms with Gasteiger partial charge in [-0.05, 0) is 24.6 Å². The molecule has 1 aliphatic heterocycles. The molecule has 2 atom stereocenters. The van der Waals surface area contributed by atoms with Crippen molar-refractivity contribution in [1.82, 2.24) is 4.90 Å². The van der Waals surface area contributed by atoms with Crippen LogP contribution in [0.4, 0.5) is 8.78 Å². The molecule has 1 aromatic rings. The maximum Gasteiger partial charge on any atom is 0.128 e. The van der Waals surface area contributed by atoms with Crippen molar-refractivity contribution >= 4 is 0 Å². The standard InChI is InChI=1S/C12H12F2N2O/c13-8-1-2-11(14)10(5-8)12-6-9(17)7-16(12)4-3-15/h1-2,5,9,12,17H,4,6-7H2. The summed E-state index contributed by atoms with van der Waals surface area (Å²) in [6.07, 6.45) is -0.279. The molecule has 1 saturated heterocycles. The van der Waals surface area contributed by atoms with E-state index in [4.69, 9.17) is 5.26 Å². The third-order valence-electron chi connectivity index (χ3n) is 2.97. The second kappa shape index (κ2) is 4.78. The Morgan fingerprint density at radius 1 is 1.47 bits per heavy atom. The maximum atomic E-state index is 13.6. The van der Waals surface area contributed by atoms with Gasteiger partial charge < -0.3 is 5.11 Å². The van der Waals surface area contributed by atoms with E-state index in [1.807, 2.05) is 6.07 Å². The molecule has 5 heteroatoms. The van der Waals surface area contributed by atoms with E-state index < -0.39 is 23.8 Å². The van der Waals surface area contributed by atoms with E-state index in [-0.39, 0.29) is 12.1 Å². The minimum Gasteiger partial charge on any atom is -0.392 e. The number of likely N-dealkylation sites (tertiary alicyclic amines) is 1. The number of nitrogens with zero attached hydrogens (tertiary/aromatic N) is 2. The molecular weight excluding hydrogens is 226 g/mol. The van der Waals surface area contributed by atoms with Crippen molar-refractivity contribution in [2.75, 3.05) is 13.1 Å². The van der Waals surface area contributed by atoms with Gasteiger partial charge in [0.05, 0.1) is 18.7 Å². The van der Waals surface area contributed by atoms with E-state index in [0.717, 1.165) is 18.2 Å². The summed E-state index contributed by atoms with van der Waals surface area (Å²) in [5, 5.41) is 18.2. The average molecular weight is 238 g/mol. The first kappa shape index (κ1) is 12.0. The van der Waals surface area contributed by atoms with Crippen LogP contribution in [0.25, 0.3) is 0 Å². The number of hydrogen-bond donors (Lipinski definition) is 1. The summed E-state index contributed by atoms with van der Waals surface area (Å²) in [6.45, 7) is 0.409. The molecule has 2 unspecified atom stereocenters. The lowest BCUT2D eigenvalue weighted by Gasteiger charge is -2.21. The molecule has 1 aliphatic rings. The van der Waals surface area contributed by atoms with Crippen LogP contribution in [0.5, 0.6) is 0 Å². The van der Waals surface area contributed by atoms with Gasteiger partial charge in [0.1, 0.15) is 11.6 Å². The number of benzene rings is 1. The minimum atomic E-state index is -0.601. The van der Waals surface area contributed by atoms with Gasteiger partial charge in [0.15, 0.2) is 0 Å². The Morgan fingerprint density at radius 2 is 2.24 bits per heavy atom. The first-order valence-electron chi connectivity index (χ1n) is 5.36. The number of aliphatic hydroxyl groups excluding tert-OH is 1. The molecule has 90 valence electrons. The van der Waals surface area contributed by atoms with E-state index in [1.165, 1.54) is 0 Å². The monoisotopic (exact) mass is 238 g/mol. The van der Waals surface area contributed by atoms with Gasteiger partial charge in [0.2, 0.25) is 0 Å². The Hall–Kier alpha value is -1.51. The third kappa shape index (κ3) is 2.43. The molecule has 0 bridgehead atoms. The van der Waals surface area contributed by atoms with Crippen LogP contribution in [0.3, 0.4) is 0 Å². The predicted octanol–water partition coefficient (Wildman–Crippen LogP) is 1.60. The quantitative estimate of drug-likeness (QED) is 0.796. The summed E-state index contributed by atoms with van der Waals surface area (Å²) in [4.78, 5) is 1.66. The largest absolute Gasteiger partial charge is 0.392 e. The topological polar surface area (TPSA) is 47.3 Å². The zero-order valence-electron chi connectivity index (χ0n) is 9.11. The van der Waals surface area contributed by atoms with Crippen molar-refractivity contribution in [3.63, 3.8) is 0 Å². The summed E-state index contributed by atoms with van der Waals surface area (Å²) in [6, 6.07) is 4.78. The van der Waals surface area contributed by atoms with Gasteiger partial charge in [0, 0.05) is 18.2 Å². The second-order valence-corrected chi connectivity index (χ2v) is 4.16. The molecule has 3 nitrogen and oxygen atoms in total. The lowest BCUT2D eigenvalue weighted by atomic mass is 10.0. The lowest BCUT2D eigenvalue weighted by molar-refractivity contribution is 0.179. The number of aliphatic hydroxyl groups is 1. The highest BCUT2D eigenvalue weighted by atomic mass is 19.1. The van der Waals surface area contributed by atoms with Crippen LogP contribution in [0, 0.1) is 23.0 Å². The number of hydrogen-bond acceptors (Lipinski definition) is 3. The zero-order chi connectivity index (χ0) is 12.4. The van der Waals surface area contributed by atoms with Gasteiger partial charge in [-0.15, -0.1) is 0 Å². The van der Waals surface area contributed by atoms with E-state index >= 15 is 0 Å². The highest BCUT2D eigenvalue weighted by molar-refractivity contribution is 5.24. The fourth-order valence-corrected chi connectivity index (χ4v) is 2.24. The molecule has 0 spiro atoms. The van der Waals surface area contributed by atoms with E-state index in [1.54, 1.807) is 4.90 Å². The number of halogens is 2. The van der Waals surface area contributed by atoms with Gasteiger partial charge in [-0.1, -0.05) is 0 Å². The highest BCUT2D eigenvalue weighted by Gasteiger charge is 2.33. The molecule has 0 aliphatic carbocycles. The second-order valence-electron chi connectivity index (χ2n) is 4.16. The molecule has 1 N–H and O–H groups in total. The SMILES string of the molecule is N#CCN1CC(O)CC1c1cc(F)ccc1F. The van der Waals surface area contributed by atoms with Crippen molar-refractivity contribution in [2.24, 2.45) is 0 Å². The molecule has 1 aromatic carbocycles. The predicted molar refractivity (Wildman–Crippen MR) is 56.9 cm³/mol. The molecule has 1 heterocycles. The third-order valence-corrected chi connectivity index (χ3v) is 2.97. The number of β-amino-alcohol motifs (C(OH)–C–C–N with tert-alkyl or cyclic N) is 1. The van der Waals surface area contributed by atoms with Crippen LogP contribution in [0.1, 0.15) is 18.0 Å². The smallest absolute Gasteiger partial charge is 0.128 e. The van der Waals surface area contributed by atoms with Gasteiger partial charge in [-0.2, -0.15) is 5.26 Å². The van der Waals surface area contributed by atoms with Crippen LogP contribution in [-0.4, -0.2) is 29.2 Å². The van der Waals surface area contributed by atoms with Gasteiger partial charge in [-0.3, -0.25) is 4.90 Å². The zero-order valence-corrected chi connectivity index (χ0v) is 9.11. The summed E-state index contributed by atoms with van der Waals surface area (Å²) < 4.78 is 26.7. The van der Waals surface area contributed by atoms with Crippen molar-refractivity contribution in [1.29, 1.82) is 5.26 Å². The summed E-state index contributed by atoms with van der Waals surface area (Å²) in [5.41, 5.74) is 0.205. The molecule has 17 heavy (non-hydrogen) atoms. The van der Waals surface area contributed by atoms with Crippen LogP contribution >= 0.6 is 0 Å². The van der Waals surface area contributed by atoms with Crippen molar-refractivity contribution in [2.45, 2.75) is 18.6 Å². The Morgan fingerprint density at radius 3 is 2.94 bits per heavy atom. The van der Waals surface area contributed by atoms with Crippen LogP contribution in [-0.2, 0) is 0 Å². The molecule has 0 aromatic heterocycles. The van der Waals surface area contributed by atoms with Crippen LogP contribution in [0.15, 0.2) is 18.2 Å². The molecule has 1 fully saturated rings. The fraction of sp³-hybridized carbons (Fsp3) is 0.417.